The van der Waals surface area contributed by atoms with Crippen molar-refractivity contribution in [3.63, 3.8) is 0 Å². The van der Waals surface area contributed by atoms with Crippen LogP contribution in [-0.4, -0.2) is 41.5 Å². The number of hydrogen-bond donors (Lipinski definition) is 0. The van der Waals surface area contributed by atoms with E-state index >= 15 is 0 Å². The van der Waals surface area contributed by atoms with Crippen LogP contribution in [0.3, 0.4) is 0 Å². The summed E-state index contributed by atoms with van der Waals surface area (Å²) in [6.07, 6.45) is 3.62. The number of aryl methyl sites for hydroxylation is 1. The molecule has 5 rings (SSSR count). The number of fused-ring (bicyclic) bond motifs is 2. The van der Waals surface area contributed by atoms with Gasteiger partial charge in [0.1, 0.15) is 18.0 Å². The third kappa shape index (κ3) is 2.62. The highest BCUT2D eigenvalue weighted by atomic mass is 16.5. The second-order valence-corrected chi connectivity index (χ2v) is 6.10. The van der Waals surface area contributed by atoms with E-state index in [1.54, 1.807) is 36.9 Å². The Balaban J connectivity index is 1.53. The number of aromatic nitrogens is 7. The van der Waals surface area contributed by atoms with E-state index in [1.807, 2.05) is 28.8 Å². The van der Waals surface area contributed by atoms with Crippen molar-refractivity contribution in [1.29, 1.82) is 0 Å². The van der Waals surface area contributed by atoms with Crippen molar-refractivity contribution in [3.05, 3.63) is 54.2 Å². The molecule has 28 heavy (non-hydrogen) atoms. The van der Waals surface area contributed by atoms with Gasteiger partial charge in [0.2, 0.25) is 5.82 Å². The Hall–Kier alpha value is -3.95. The second kappa shape index (κ2) is 6.34. The predicted octanol–water partition coefficient (Wildman–Crippen LogP) is 2.32. The zero-order valence-electron chi connectivity index (χ0n) is 15.1. The highest BCUT2D eigenvalue weighted by molar-refractivity contribution is 5.56. The fourth-order valence-corrected chi connectivity index (χ4v) is 2.94. The maximum absolute atomic E-state index is 5.96. The Labute approximate surface area is 158 Å². The highest BCUT2D eigenvalue weighted by Gasteiger charge is 2.18. The van der Waals surface area contributed by atoms with Gasteiger partial charge in [0.05, 0.1) is 12.8 Å². The van der Waals surface area contributed by atoms with Crippen LogP contribution >= 0.6 is 0 Å². The lowest BCUT2D eigenvalue weighted by Crippen LogP contribution is -2.06. The lowest BCUT2D eigenvalue weighted by atomic mass is 10.3. The summed E-state index contributed by atoms with van der Waals surface area (Å²) in [6, 6.07) is 9.30. The van der Waals surface area contributed by atoms with E-state index in [2.05, 4.69) is 25.4 Å². The number of hydrogen-bond acceptors (Lipinski definition) is 8. The van der Waals surface area contributed by atoms with Crippen LogP contribution < -0.4 is 9.47 Å². The minimum absolute atomic E-state index is 0.281. The van der Waals surface area contributed by atoms with E-state index in [4.69, 9.17) is 14.0 Å². The van der Waals surface area contributed by atoms with Gasteiger partial charge in [0, 0.05) is 24.5 Å². The predicted molar refractivity (Wildman–Crippen MR) is 97.1 cm³/mol. The summed E-state index contributed by atoms with van der Waals surface area (Å²) in [5.41, 5.74) is 2.82. The summed E-state index contributed by atoms with van der Waals surface area (Å²) in [6.45, 7) is 2.09. The summed E-state index contributed by atoms with van der Waals surface area (Å²) in [4.78, 5) is 4.28. The van der Waals surface area contributed by atoms with Crippen LogP contribution in [0.4, 0.5) is 0 Å². The molecule has 5 heterocycles. The molecule has 0 aromatic carbocycles. The van der Waals surface area contributed by atoms with Gasteiger partial charge in [-0.1, -0.05) is 11.2 Å². The zero-order chi connectivity index (χ0) is 19.1. The van der Waals surface area contributed by atoms with Crippen molar-refractivity contribution in [2.24, 2.45) is 0 Å². The average Bonchev–Trinajstić information content (AvgIpc) is 3.44. The van der Waals surface area contributed by atoms with Crippen LogP contribution in [-0.2, 0) is 6.61 Å². The van der Waals surface area contributed by atoms with Gasteiger partial charge in [-0.3, -0.25) is 0 Å². The zero-order valence-corrected chi connectivity index (χ0v) is 15.1. The minimum atomic E-state index is 0.281. The normalized spacial score (nSPS) is 11.4. The van der Waals surface area contributed by atoms with Crippen LogP contribution in [0.2, 0.25) is 0 Å². The molecular formula is C18H15N7O3. The van der Waals surface area contributed by atoms with Crippen molar-refractivity contribution in [3.8, 4) is 23.1 Å². The molecule has 0 aliphatic rings. The molecule has 0 spiro atoms. The van der Waals surface area contributed by atoms with Gasteiger partial charge in [-0.05, 0) is 19.1 Å². The Morgan fingerprint density at radius 3 is 2.89 bits per heavy atom. The van der Waals surface area contributed by atoms with Gasteiger partial charge < -0.3 is 18.4 Å². The number of pyridine rings is 1. The summed E-state index contributed by atoms with van der Waals surface area (Å²) < 4.78 is 20.0. The lowest BCUT2D eigenvalue weighted by molar-refractivity contribution is 0.263. The molecule has 5 aromatic rings. The van der Waals surface area contributed by atoms with Gasteiger partial charge in [0.15, 0.2) is 17.1 Å². The fourth-order valence-electron chi connectivity index (χ4n) is 2.94. The molecular weight excluding hydrogens is 362 g/mol. The minimum Gasteiger partial charge on any atom is -0.491 e. The first-order chi connectivity index (χ1) is 13.7. The van der Waals surface area contributed by atoms with Crippen LogP contribution in [0, 0.1) is 6.92 Å². The van der Waals surface area contributed by atoms with Crippen LogP contribution in [0.25, 0.3) is 22.8 Å². The molecule has 0 unspecified atom stereocenters. The van der Waals surface area contributed by atoms with Crippen molar-refractivity contribution >= 4 is 11.3 Å². The van der Waals surface area contributed by atoms with E-state index in [0.29, 0.717) is 34.6 Å². The molecule has 0 N–H and O–H groups in total. The molecule has 10 heteroatoms. The summed E-state index contributed by atoms with van der Waals surface area (Å²) in [7, 11) is 1.55. The molecule has 0 aliphatic carbocycles. The maximum atomic E-state index is 5.96. The first-order valence-corrected chi connectivity index (χ1v) is 8.51. The van der Waals surface area contributed by atoms with Crippen molar-refractivity contribution in [2.45, 2.75) is 13.5 Å². The Kier molecular flexibility index (Phi) is 3.68. The Morgan fingerprint density at radius 1 is 1.14 bits per heavy atom. The van der Waals surface area contributed by atoms with Crippen LogP contribution in [0.5, 0.6) is 11.6 Å². The molecule has 0 saturated carbocycles. The van der Waals surface area contributed by atoms with Crippen molar-refractivity contribution in [2.75, 3.05) is 7.11 Å². The maximum Gasteiger partial charge on any atom is 0.275 e. The summed E-state index contributed by atoms with van der Waals surface area (Å²) >= 11 is 0. The smallest absolute Gasteiger partial charge is 0.275 e. The Morgan fingerprint density at radius 2 is 2.07 bits per heavy atom. The van der Waals surface area contributed by atoms with Crippen LogP contribution in [0.15, 0.2) is 47.2 Å². The first-order valence-electron chi connectivity index (χ1n) is 8.51. The molecule has 0 bridgehead atoms. The van der Waals surface area contributed by atoms with Gasteiger partial charge in [0.25, 0.3) is 5.88 Å². The molecule has 5 aromatic heterocycles. The molecule has 10 nitrogen and oxygen atoms in total. The van der Waals surface area contributed by atoms with Crippen molar-refractivity contribution in [1.82, 2.24) is 34.4 Å². The van der Waals surface area contributed by atoms with E-state index in [9.17, 15) is 0 Å². The van der Waals surface area contributed by atoms with Gasteiger partial charge in [-0.15, -0.1) is 15.3 Å². The third-order valence-corrected chi connectivity index (χ3v) is 4.27. The summed E-state index contributed by atoms with van der Waals surface area (Å²) in [5.74, 6) is 1.90. The fraction of sp³-hybridized carbons (Fsp3) is 0.167. The van der Waals surface area contributed by atoms with Gasteiger partial charge >= 0.3 is 0 Å². The largest absolute Gasteiger partial charge is 0.491 e. The molecule has 0 atom stereocenters. The molecule has 0 amide bonds. The topological polar surface area (TPSA) is 105 Å². The quantitative estimate of drug-likeness (QED) is 0.459. The second-order valence-electron chi connectivity index (χ2n) is 6.10. The standard InChI is InChI=1S/C18H15N7O3/c1-11-8-13(23-28-11)17-21-20-16-9-14(26-2)18(22-25(16)17)27-10-12-4-3-5-15-19-6-7-24(12)15/h3-9H,10H2,1-2H3. The summed E-state index contributed by atoms with van der Waals surface area (Å²) in [5, 5.41) is 16.8. The van der Waals surface area contributed by atoms with E-state index in [1.165, 1.54) is 0 Å². The van der Waals surface area contributed by atoms with Gasteiger partial charge in [-0.2, -0.15) is 4.52 Å². The number of rotatable bonds is 5. The number of ether oxygens (including phenoxy) is 2. The first kappa shape index (κ1) is 16.2. The van der Waals surface area contributed by atoms with E-state index < -0.39 is 0 Å². The van der Waals surface area contributed by atoms with E-state index in [0.717, 1.165) is 11.3 Å². The van der Waals surface area contributed by atoms with Crippen molar-refractivity contribution < 1.29 is 14.0 Å². The molecule has 0 radical (unpaired) electrons. The SMILES string of the molecule is COc1cc2nnc(-c3cc(C)on3)n2nc1OCc1cccc2nccn12. The van der Waals surface area contributed by atoms with E-state index in [-0.39, 0.29) is 6.61 Å². The monoisotopic (exact) mass is 377 g/mol. The number of nitrogens with zero attached hydrogens (tertiary/aromatic N) is 7. The average molecular weight is 377 g/mol. The highest BCUT2D eigenvalue weighted by Crippen LogP contribution is 2.28. The lowest BCUT2D eigenvalue weighted by Gasteiger charge is -2.11. The molecule has 0 aliphatic heterocycles. The molecule has 0 saturated heterocycles. The molecule has 0 fully saturated rings. The van der Waals surface area contributed by atoms with Gasteiger partial charge in [-0.25, -0.2) is 4.98 Å². The van der Waals surface area contributed by atoms with Crippen LogP contribution in [0.1, 0.15) is 11.5 Å². The third-order valence-electron chi connectivity index (χ3n) is 4.27. The molecule has 140 valence electrons. The Bertz CT molecular complexity index is 1290. The number of methoxy groups -OCH3 is 1. The number of imidazole rings is 1.